The normalized spacial score (nSPS) is 23.6. The second kappa shape index (κ2) is 4.89. The predicted molar refractivity (Wildman–Crippen MR) is 66.2 cm³/mol. The van der Waals surface area contributed by atoms with Crippen LogP contribution in [0.4, 0.5) is 0 Å². The summed E-state index contributed by atoms with van der Waals surface area (Å²) in [6.45, 7) is 1.41. The van der Waals surface area contributed by atoms with E-state index in [4.69, 9.17) is 10.5 Å². The molecule has 0 aromatic carbocycles. The molecule has 6 heteroatoms. The second-order valence-corrected chi connectivity index (χ2v) is 4.79. The van der Waals surface area contributed by atoms with Gasteiger partial charge in [-0.05, 0) is 31.2 Å². The van der Waals surface area contributed by atoms with E-state index in [1.165, 1.54) is 19.3 Å². The van der Waals surface area contributed by atoms with Crippen molar-refractivity contribution in [3.8, 4) is 5.88 Å². The number of hydrogen-bond acceptors (Lipinski definition) is 5. The van der Waals surface area contributed by atoms with Crippen molar-refractivity contribution in [3.63, 3.8) is 0 Å². The summed E-state index contributed by atoms with van der Waals surface area (Å²) >= 11 is 0. The van der Waals surface area contributed by atoms with Crippen LogP contribution in [-0.2, 0) is 0 Å². The van der Waals surface area contributed by atoms with Gasteiger partial charge in [0.15, 0.2) is 0 Å². The molecule has 2 N–H and O–H groups in total. The van der Waals surface area contributed by atoms with E-state index < -0.39 is 0 Å². The van der Waals surface area contributed by atoms with Gasteiger partial charge in [-0.1, -0.05) is 6.42 Å². The number of aromatic nitrogens is 4. The average molecular weight is 247 g/mol. The van der Waals surface area contributed by atoms with Crippen molar-refractivity contribution in [1.82, 2.24) is 19.6 Å². The molecule has 2 aromatic heterocycles. The maximum absolute atomic E-state index is 5.80. The zero-order valence-electron chi connectivity index (χ0n) is 10.2. The first-order valence-corrected chi connectivity index (χ1v) is 6.35. The Hall–Kier alpha value is -1.69. The van der Waals surface area contributed by atoms with Gasteiger partial charge in [-0.3, -0.25) is 4.40 Å². The Morgan fingerprint density at radius 2 is 2.28 bits per heavy atom. The number of nitrogens with zero attached hydrogens (tertiary/aromatic N) is 4. The third kappa shape index (κ3) is 2.03. The lowest BCUT2D eigenvalue weighted by Crippen LogP contribution is -2.23. The molecule has 2 atom stereocenters. The minimum atomic E-state index is 0.542. The molecule has 0 bridgehead atoms. The van der Waals surface area contributed by atoms with Gasteiger partial charge in [-0.2, -0.15) is 0 Å². The zero-order valence-corrected chi connectivity index (χ0v) is 10.2. The second-order valence-electron chi connectivity index (χ2n) is 4.79. The molecule has 6 nitrogen and oxygen atoms in total. The van der Waals surface area contributed by atoms with Crippen LogP contribution in [0.1, 0.15) is 19.3 Å². The van der Waals surface area contributed by atoms with Gasteiger partial charge in [-0.15, -0.1) is 10.2 Å². The summed E-state index contributed by atoms with van der Waals surface area (Å²) in [6.07, 6.45) is 8.80. The van der Waals surface area contributed by atoms with Crippen LogP contribution in [0.5, 0.6) is 5.88 Å². The van der Waals surface area contributed by atoms with E-state index in [1.807, 2.05) is 0 Å². The van der Waals surface area contributed by atoms with Crippen LogP contribution >= 0.6 is 0 Å². The van der Waals surface area contributed by atoms with Crippen LogP contribution in [0.2, 0.25) is 0 Å². The molecule has 0 amide bonds. The van der Waals surface area contributed by atoms with Gasteiger partial charge in [0.05, 0.1) is 6.61 Å². The van der Waals surface area contributed by atoms with Crippen LogP contribution in [0.3, 0.4) is 0 Å². The lowest BCUT2D eigenvalue weighted by Gasteiger charge is -2.17. The highest BCUT2D eigenvalue weighted by Gasteiger charge is 2.26. The first-order valence-electron chi connectivity index (χ1n) is 6.35. The summed E-state index contributed by atoms with van der Waals surface area (Å²) in [6, 6.07) is 0. The van der Waals surface area contributed by atoms with Crippen molar-refractivity contribution < 1.29 is 4.74 Å². The minimum absolute atomic E-state index is 0.542. The monoisotopic (exact) mass is 247 g/mol. The highest BCUT2D eigenvalue weighted by molar-refractivity contribution is 5.47. The average Bonchev–Trinajstić information content (AvgIpc) is 3.04. The predicted octanol–water partition coefficient (Wildman–Crippen LogP) is 0.878. The van der Waals surface area contributed by atoms with Gasteiger partial charge in [0.25, 0.3) is 5.88 Å². The summed E-state index contributed by atoms with van der Waals surface area (Å²) in [5.41, 5.74) is 6.44. The summed E-state index contributed by atoms with van der Waals surface area (Å²) in [5.74, 6) is 1.68. The Kier molecular flexibility index (Phi) is 3.10. The molecule has 2 aromatic rings. The Morgan fingerprint density at radius 1 is 1.39 bits per heavy atom. The summed E-state index contributed by atoms with van der Waals surface area (Å²) < 4.78 is 7.61. The third-order valence-electron chi connectivity index (χ3n) is 3.74. The number of fused-ring (bicyclic) bond motifs is 1. The molecule has 1 aliphatic carbocycles. The van der Waals surface area contributed by atoms with Gasteiger partial charge >= 0.3 is 0 Å². The molecular formula is C12H17N5O. The maximum atomic E-state index is 5.80. The highest BCUT2D eigenvalue weighted by Crippen LogP contribution is 2.31. The van der Waals surface area contributed by atoms with Crippen LogP contribution in [0.15, 0.2) is 18.7 Å². The molecule has 2 heterocycles. The molecule has 2 unspecified atom stereocenters. The Bertz CT molecular complexity index is 526. The molecule has 3 rings (SSSR count). The van der Waals surface area contributed by atoms with E-state index in [9.17, 15) is 0 Å². The summed E-state index contributed by atoms with van der Waals surface area (Å²) in [4.78, 5) is 4.21. The summed E-state index contributed by atoms with van der Waals surface area (Å²) in [7, 11) is 0. The fourth-order valence-electron chi connectivity index (χ4n) is 2.67. The molecule has 1 saturated carbocycles. The van der Waals surface area contributed by atoms with Gasteiger partial charge < -0.3 is 10.5 Å². The molecule has 0 spiro atoms. The molecule has 1 fully saturated rings. The van der Waals surface area contributed by atoms with E-state index in [-0.39, 0.29) is 0 Å². The van der Waals surface area contributed by atoms with Crippen molar-refractivity contribution in [2.24, 2.45) is 17.6 Å². The smallest absolute Gasteiger partial charge is 0.260 e. The van der Waals surface area contributed by atoms with E-state index in [1.54, 1.807) is 23.1 Å². The molecule has 0 radical (unpaired) electrons. The van der Waals surface area contributed by atoms with Gasteiger partial charge in [-0.25, -0.2) is 4.98 Å². The van der Waals surface area contributed by atoms with Crippen molar-refractivity contribution >= 4 is 5.65 Å². The van der Waals surface area contributed by atoms with Crippen molar-refractivity contribution in [1.29, 1.82) is 0 Å². The van der Waals surface area contributed by atoms with Crippen LogP contribution < -0.4 is 10.5 Å². The van der Waals surface area contributed by atoms with Crippen LogP contribution in [0.25, 0.3) is 5.65 Å². The fourth-order valence-corrected chi connectivity index (χ4v) is 2.67. The van der Waals surface area contributed by atoms with Crippen LogP contribution in [0, 0.1) is 11.8 Å². The molecule has 0 aliphatic heterocycles. The van der Waals surface area contributed by atoms with E-state index in [2.05, 4.69) is 15.2 Å². The Morgan fingerprint density at radius 3 is 3.17 bits per heavy atom. The number of hydrogen-bond donors (Lipinski definition) is 1. The lowest BCUT2D eigenvalue weighted by molar-refractivity contribution is 0.211. The molecule has 1 aliphatic rings. The highest BCUT2D eigenvalue weighted by atomic mass is 16.5. The lowest BCUT2D eigenvalue weighted by atomic mass is 9.97. The van der Waals surface area contributed by atoms with Crippen LogP contribution in [-0.4, -0.2) is 32.7 Å². The SMILES string of the molecule is NCC1CCCC1COc1nccn2cnnc12. The van der Waals surface area contributed by atoms with Crippen molar-refractivity contribution in [2.75, 3.05) is 13.2 Å². The first kappa shape index (κ1) is 11.4. The van der Waals surface area contributed by atoms with Gasteiger partial charge in [0.1, 0.15) is 6.33 Å². The zero-order chi connectivity index (χ0) is 12.4. The Labute approximate surface area is 105 Å². The molecular weight excluding hydrogens is 230 g/mol. The standard InChI is InChI=1S/C12H17N5O/c13-6-9-2-1-3-10(9)7-18-12-11-16-15-8-17(11)5-4-14-12/h4-5,8-10H,1-3,6-7,13H2. The first-order chi connectivity index (χ1) is 8.88. The number of nitrogens with two attached hydrogens (primary N) is 1. The Balaban J connectivity index is 1.71. The van der Waals surface area contributed by atoms with Gasteiger partial charge in [0.2, 0.25) is 5.65 Å². The molecule has 0 saturated heterocycles. The largest absolute Gasteiger partial charge is 0.475 e. The topological polar surface area (TPSA) is 78.3 Å². The fraction of sp³-hybridized carbons (Fsp3) is 0.583. The summed E-state index contributed by atoms with van der Waals surface area (Å²) in [5, 5.41) is 7.85. The number of rotatable bonds is 4. The van der Waals surface area contributed by atoms with E-state index in [0.717, 1.165) is 6.54 Å². The van der Waals surface area contributed by atoms with E-state index >= 15 is 0 Å². The molecule has 96 valence electrons. The number of ether oxygens (including phenoxy) is 1. The van der Waals surface area contributed by atoms with E-state index in [0.29, 0.717) is 30.0 Å². The van der Waals surface area contributed by atoms with Gasteiger partial charge in [0, 0.05) is 12.4 Å². The van der Waals surface area contributed by atoms with Crippen molar-refractivity contribution in [2.45, 2.75) is 19.3 Å². The molecule has 18 heavy (non-hydrogen) atoms. The minimum Gasteiger partial charge on any atom is -0.475 e. The quantitative estimate of drug-likeness (QED) is 0.867. The third-order valence-corrected chi connectivity index (χ3v) is 3.74. The van der Waals surface area contributed by atoms with Crippen molar-refractivity contribution in [3.05, 3.63) is 18.7 Å². The maximum Gasteiger partial charge on any atom is 0.260 e.